The van der Waals surface area contributed by atoms with Crippen molar-refractivity contribution >= 4 is 5.78 Å². The quantitative estimate of drug-likeness (QED) is 0.748. The van der Waals surface area contributed by atoms with Gasteiger partial charge >= 0.3 is 0 Å². The Morgan fingerprint density at radius 3 is 2.35 bits per heavy atom. The van der Waals surface area contributed by atoms with E-state index < -0.39 is 0 Å². The van der Waals surface area contributed by atoms with Crippen LogP contribution in [0.2, 0.25) is 0 Å². The van der Waals surface area contributed by atoms with Crippen molar-refractivity contribution in [2.45, 2.75) is 58.8 Å². The zero-order valence-electron chi connectivity index (χ0n) is 11.5. The molecule has 98 valence electrons. The zero-order chi connectivity index (χ0) is 12.3. The Labute approximate surface area is 106 Å². The van der Waals surface area contributed by atoms with Crippen LogP contribution in [0.3, 0.4) is 0 Å². The van der Waals surface area contributed by atoms with Gasteiger partial charge in [-0.3, -0.25) is 9.69 Å². The predicted molar refractivity (Wildman–Crippen MR) is 71.0 cm³/mol. The molecule has 0 amide bonds. The molecular formula is C15H27NO. The van der Waals surface area contributed by atoms with Crippen molar-refractivity contribution < 1.29 is 4.79 Å². The second-order valence-corrected chi connectivity index (χ2v) is 6.39. The van der Waals surface area contributed by atoms with Gasteiger partial charge in [0, 0.05) is 5.92 Å². The number of rotatable bonds is 4. The average molecular weight is 237 g/mol. The van der Waals surface area contributed by atoms with Crippen LogP contribution in [0, 0.1) is 11.3 Å². The fraction of sp³-hybridized carbons (Fsp3) is 0.933. The third kappa shape index (κ3) is 3.31. The first-order valence-electron chi connectivity index (χ1n) is 7.38. The number of Topliss-reactive ketones (excluding diaryl/α,β-unsaturated/α-hetero) is 1. The van der Waals surface area contributed by atoms with E-state index in [1.807, 2.05) is 0 Å². The Morgan fingerprint density at radius 2 is 1.82 bits per heavy atom. The second-order valence-electron chi connectivity index (χ2n) is 6.39. The number of likely N-dealkylation sites (tertiary alicyclic amines) is 1. The minimum atomic E-state index is 0.398. The molecule has 0 atom stereocenters. The van der Waals surface area contributed by atoms with Gasteiger partial charge in [0.15, 0.2) is 0 Å². The van der Waals surface area contributed by atoms with Crippen LogP contribution >= 0.6 is 0 Å². The molecule has 0 bridgehead atoms. The number of nitrogens with zero attached hydrogens (tertiary/aromatic N) is 1. The van der Waals surface area contributed by atoms with Gasteiger partial charge in [-0.05, 0) is 44.2 Å². The topological polar surface area (TPSA) is 20.3 Å². The van der Waals surface area contributed by atoms with Crippen LogP contribution in [0.5, 0.6) is 0 Å². The van der Waals surface area contributed by atoms with Gasteiger partial charge in [-0.1, -0.05) is 33.1 Å². The van der Waals surface area contributed by atoms with Gasteiger partial charge in [0.05, 0.1) is 6.54 Å². The highest BCUT2D eigenvalue weighted by Gasteiger charge is 2.30. The molecule has 2 nitrogen and oxygen atoms in total. The van der Waals surface area contributed by atoms with Crippen molar-refractivity contribution in [3.63, 3.8) is 0 Å². The summed E-state index contributed by atoms with van der Waals surface area (Å²) >= 11 is 0. The fourth-order valence-corrected chi connectivity index (χ4v) is 3.20. The Balaban J connectivity index is 1.76. The summed E-state index contributed by atoms with van der Waals surface area (Å²) in [5.74, 6) is 0.914. The molecule has 1 heterocycles. The smallest absolute Gasteiger partial charge is 0.149 e. The molecule has 2 fully saturated rings. The van der Waals surface area contributed by atoms with E-state index >= 15 is 0 Å². The third-order valence-electron chi connectivity index (χ3n) is 5.11. The monoisotopic (exact) mass is 237 g/mol. The molecule has 1 aliphatic heterocycles. The van der Waals surface area contributed by atoms with Gasteiger partial charge in [-0.2, -0.15) is 0 Å². The van der Waals surface area contributed by atoms with Crippen molar-refractivity contribution in [2.24, 2.45) is 11.3 Å². The molecule has 2 aliphatic rings. The normalized spacial score (nSPS) is 26.2. The van der Waals surface area contributed by atoms with E-state index in [9.17, 15) is 4.79 Å². The lowest BCUT2D eigenvalue weighted by Gasteiger charge is -2.38. The van der Waals surface area contributed by atoms with E-state index in [0.717, 1.165) is 32.5 Å². The van der Waals surface area contributed by atoms with Crippen LogP contribution in [0.1, 0.15) is 58.8 Å². The summed E-state index contributed by atoms with van der Waals surface area (Å²) < 4.78 is 0. The first-order chi connectivity index (χ1) is 8.13. The van der Waals surface area contributed by atoms with E-state index in [0.29, 0.717) is 17.1 Å². The number of hydrogen-bond donors (Lipinski definition) is 0. The largest absolute Gasteiger partial charge is 0.298 e. The Bertz CT molecular complexity index is 260. The van der Waals surface area contributed by atoms with Crippen LogP contribution in [0.15, 0.2) is 0 Å². The maximum Gasteiger partial charge on any atom is 0.149 e. The average Bonchev–Trinajstić information content (AvgIpc) is 2.86. The summed E-state index contributed by atoms with van der Waals surface area (Å²) in [6.45, 7) is 7.67. The molecule has 1 aliphatic carbocycles. The zero-order valence-corrected chi connectivity index (χ0v) is 11.5. The molecule has 0 aromatic carbocycles. The van der Waals surface area contributed by atoms with Crippen molar-refractivity contribution in [2.75, 3.05) is 19.6 Å². The lowest BCUT2D eigenvalue weighted by atomic mass is 9.78. The van der Waals surface area contributed by atoms with E-state index in [4.69, 9.17) is 0 Å². The van der Waals surface area contributed by atoms with E-state index in [-0.39, 0.29) is 0 Å². The molecule has 17 heavy (non-hydrogen) atoms. The summed E-state index contributed by atoms with van der Waals surface area (Å²) in [6.07, 6.45) is 8.65. The van der Waals surface area contributed by atoms with Gasteiger partial charge in [0.1, 0.15) is 5.78 Å². The van der Waals surface area contributed by atoms with E-state index in [1.54, 1.807) is 0 Å². The second kappa shape index (κ2) is 5.51. The summed E-state index contributed by atoms with van der Waals surface area (Å²) in [5, 5.41) is 0. The number of ketones is 1. The summed E-state index contributed by atoms with van der Waals surface area (Å²) in [6, 6.07) is 0. The van der Waals surface area contributed by atoms with Gasteiger partial charge in [0.2, 0.25) is 0 Å². The van der Waals surface area contributed by atoms with E-state index in [2.05, 4.69) is 18.7 Å². The van der Waals surface area contributed by atoms with Crippen LogP contribution in [0.25, 0.3) is 0 Å². The van der Waals surface area contributed by atoms with Crippen molar-refractivity contribution in [1.82, 2.24) is 4.90 Å². The van der Waals surface area contributed by atoms with Gasteiger partial charge in [-0.25, -0.2) is 0 Å². The molecule has 1 saturated heterocycles. The van der Waals surface area contributed by atoms with Crippen LogP contribution in [0.4, 0.5) is 0 Å². The van der Waals surface area contributed by atoms with Gasteiger partial charge in [0.25, 0.3) is 0 Å². The maximum absolute atomic E-state index is 12.1. The number of carbonyl (C=O) groups excluding carboxylic acids is 1. The Morgan fingerprint density at radius 1 is 1.24 bits per heavy atom. The first kappa shape index (κ1) is 13.1. The number of hydrogen-bond acceptors (Lipinski definition) is 2. The molecule has 0 spiro atoms. The molecular weight excluding hydrogens is 210 g/mol. The molecule has 0 unspecified atom stereocenters. The Kier molecular flexibility index (Phi) is 4.24. The lowest BCUT2D eigenvalue weighted by molar-refractivity contribution is -0.124. The SMILES string of the molecule is CCC1(C)CCN(CC(=O)C2CCCC2)CC1. The molecule has 2 rings (SSSR count). The van der Waals surface area contributed by atoms with Gasteiger partial charge < -0.3 is 0 Å². The van der Waals surface area contributed by atoms with Gasteiger partial charge in [-0.15, -0.1) is 0 Å². The molecule has 2 heteroatoms. The van der Waals surface area contributed by atoms with Crippen LogP contribution < -0.4 is 0 Å². The molecule has 0 radical (unpaired) electrons. The summed E-state index contributed by atoms with van der Waals surface area (Å²) in [4.78, 5) is 14.5. The number of carbonyl (C=O) groups is 1. The number of piperidine rings is 1. The minimum absolute atomic E-state index is 0.398. The van der Waals surface area contributed by atoms with E-state index in [1.165, 1.54) is 32.1 Å². The highest BCUT2D eigenvalue weighted by atomic mass is 16.1. The standard InChI is InChI=1S/C15H27NO/c1-3-15(2)8-10-16(11-9-15)12-14(17)13-6-4-5-7-13/h13H,3-12H2,1-2H3. The Hall–Kier alpha value is -0.370. The maximum atomic E-state index is 12.1. The lowest BCUT2D eigenvalue weighted by Crippen LogP contribution is -2.42. The van der Waals surface area contributed by atoms with Crippen molar-refractivity contribution in [3.05, 3.63) is 0 Å². The highest BCUT2D eigenvalue weighted by molar-refractivity contribution is 5.83. The van der Waals surface area contributed by atoms with Crippen LogP contribution in [-0.4, -0.2) is 30.3 Å². The minimum Gasteiger partial charge on any atom is -0.298 e. The predicted octanol–water partition coefficient (Wildman–Crippen LogP) is 3.26. The van der Waals surface area contributed by atoms with Crippen molar-refractivity contribution in [1.29, 1.82) is 0 Å². The fourth-order valence-electron chi connectivity index (χ4n) is 3.20. The first-order valence-corrected chi connectivity index (χ1v) is 7.38. The molecule has 0 aromatic rings. The third-order valence-corrected chi connectivity index (χ3v) is 5.11. The molecule has 0 aromatic heterocycles. The van der Waals surface area contributed by atoms with Crippen LogP contribution in [-0.2, 0) is 4.79 Å². The summed E-state index contributed by atoms with van der Waals surface area (Å²) in [7, 11) is 0. The molecule has 0 N–H and O–H groups in total. The van der Waals surface area contributed by atoms with Crippen molar-refractivity contribution in [3.8, 4) is 0 Å². The highest BCUT2D eigenvalue weighted by Crippen LogP contribution is 2.34. The molecule has 1 saturated carbocycles. The summed E-state index contributed by atoms with van der Waals surface area (Å²) in [5.41, 5.74) is 0.535.